The van der Waals surface area contributed by atoms with Crippen molar-refractivity contribution in [2.24, 2.45) is 40.5 Å². The lowest BCUT2D eigenvalue weighted by Gasteiger charge is -2.30. The number of amides is 13. The second kappa shape index (κ2) is 37.6. The van der Waals surface area contributed by atoms with Crippen LogP contribution in [0.15, 0.2) is 0 Å². The maximum Gasteiger partial charge on any atom is 0.322 e. The van der Waals surface area contributed by atoms with Crippen molar-refractivity contribution in [2.45, 2.75) is 178 Å². The Balaban J connectivity index is 3.61. The van der Waals surface area contributed by atoms with Crippen molar-refractivity contribution in [1.82, 2.24) is 52.8 Å². The summed E-state index contributed by atoms with van der Waals surface area (Å²) >= 11 is 0. The molecule has 35 nitrogen and oxygen atoms in total. The number of carboxylic acids is 3. The average molecular weight is 1210 g/mol. The van der Waals surface area contributed by atoms with E-state index in [9.17, 15) is 92.0 Å². The third kappa shape index (κ3) is 28.5. The van der Waals surface area contributed by atoms with Crippen molar-refractivity contribution in [1.29, 1.82) is 0 Å². The summed E-state index contributed by atoms with van der Waals surface area (Å²) < 4.78 is 0. The second-order valence-electron chi connectivity index (χ2n) is 21.0. The van der Waals surface area contributed by atoms with Crippen molar-refractivity contribution in [3.05, 3.63) is 0 Å². The summed E-state index contributed by atoms with van der Waals surface area (Å²) in [6.07, 6.45) is -5.32. The minimum Gasteiger partial charge on any atom is -0.481 e. The molecule has 478 valence electrons. The Hall–Kier alpha value is -8.60. The summed E-state index contributed by atoms with van der Waals surface area (Å²) in [6.45, 7) is 4.95. The van der Waals surface area contributed by atoms with Crippen molar-refractivity contribution in [2.75, 3.05) is 26.2 Å². The number of likely N-dealkylation sites (tertiary alicyclic amines) is 1. The van der Waals surface area contributed by atoms with E-state index in [2.05, 4.69) is 42.5 Å². The lowest BCUT2D eigenvalue weighted by Crippen LogP contribution is -2.61. The van der Waals surface area contributed by atoms with Crippen LogP contribution in [0.4, 0.5) is 0 Å². The number of aliphatic carboxylic acids is 3. The highest BCUT2D eigenvalue weighted by Crippen LogP contribution is 2.21. The number of nitrogens with one attached hydrogen (secondary N) is 9. The number of aliphatic hydroxyl groups excluding tert-OH is 1. The Morgan fingerprint density at radius 1 is 0.482 bits per heavy atom. The molecule has 0 aromatic heterocycles. The Kier molecular flexibility index (Phi) is 32.9. The number of carbonyl (C=O) groups is 16. The van der Waals surface area contributed by atoms with Gasteiger partial charge in [0.1, 0.15) is 67.0 Å². The summed E-state index contributed by atoms with van der Waals surface area (Å²) in [5.41, 5.74) is 27.3. The van der Waals surface area contributed by atoms with Gasteiger partial charge < -0.3 is 102 Å². The zero-order chi connectivity index (χ0) is 64.8. The molecule has 85 heavy (non-hydrogen) atoms. The fraction of sp³-hybridized carbons (Fsp3) is 0.680. The van der Waals surface area contributed by atoms with E-state index < -0.39 is 213 Å². The Bertz CT molecular complexity index is 2430. The summed E-state index contributed by atoms with van der Waals surface area (Å²) in [5, 5.41) is 58.4. The molecule has 0 unspecified atom stereocenters. The lowest BCUT2D eigenvalue weighted by atomic mass is 10.00. The quantitative estimate of drug-likeness (QED) is 0.0253. The summed E-state index contributed by atoms with van der Waals surface area (Å²) in [5.74, 6) is -19.3. The third-order valence-corrected chi connectivity index (χ3v) is 12.7. The van der Waals surface area contributed by atoms with Gasteiger partial charge in [0, 0.05) is 19.4 Å². The Labute approximate surface area is 488 Å². The highest BCUT2D eigenvalue weighted by atomic mass is 16.4. The number of rotatable bonds is 41. The van der Waals surface area contributed by atoms with Crippen molar-refractivity contribution in [3.8, 4) is 0 Å². The van der Waals surface area contributed by atoms with Crippen molar-refractivity contribution >= 4 is 94.7 Å². The molecule has 0 aliphatic carbocycles. The van der Waals surface area contributed by atoms with E-state index in [1.165, 1.54) is 0 Å². The molecule has 13 amide bonds. The lowest BCUT2D eigenvalue weighted by molar-refractivity contribution is -0.144. The van der Waals surface area contributed by atoms with Crippen LogP contribution in [0, 0.1) is 11.8 Å². The number of carbonyl (C=O) groups excluding carboxylic acids is 13. The molecule has 1 saturated heterocycles. The SMILES string of the molecule is CC(C)C[C@H](NC(=O)[C@H](CC(N)=O)NC(=O)[C@H](CC(C)C)NC(=O)[C@@H](N)CO)C(=O)N[C@@H](CCC(N)=O)C(=O)N[C@@H](CCCCN)C(=O)N[C@@H](CC(=O)O)C(=O)N[C@@H](CCC(=O)O)C(=O)N1CCC[C@H]1C(=O)N[C@@H](CC(N)=O)C(=O)NCC(=O)O. The molecule has 35 heteroatoms. The largest absolute Gasteiger partial charge is 0.481 e. The molecule has 0 spiro atoms. The first-order valence-electron chi connectivity index (χ1n) is 27.3. The molecular weight excluding hydrogens is 1130 g/mol. The predicted molar refractivity (Wildman–Crippen MR) is 293 cm³/mol. The van der Waals surface area contributed by atoms with Gasteiger partial charge in [0.25, 0.3) is 0 Å². The molecule has 1 heterocycles. The highest BCUT2D eigenvalue weighted by molar-refractivity contribution is 6.00. The zero-order valence-corrected chi connectivity index (χ0v) is 47.8. The molecule has 1 rings (SSSR count). The van der Waals surface area contributed by atoms with Crippen LogP contribution >= 0.6 is 0 Å². The minimum absolute atomic E-state index is 0.00199. The highest BCUT2D eigenvalue weighted by Gasteiger charge is 2.41. The number of unbranched alkanes of at least 4 members (excludes halogenated alkanes) is 1. The number of aliphatic hydroxyl groups is 1. The molecule has 1 fully saturated rings. The second-order valence-corrected chi connectivity index (χ2v) is 21.0. The number of hydrogen-bond acceptors (Lipinski definition) is 19. The van der Waals surface area contributed by atoms with Gasteiger partial charge in [0.15, 0.2) is 0 Å². The average Bonchev–Trinajstić information content (AvgIpc) is 4.20. The minimum atomic E-state index is -2.08. The van der Waals surface area contributed by atoms with Gasteiger partial charge in [-0.25, -0.2) is 0 Å². The van der Waals surface area contributed by atoms with Crippen LogP contribution in [0.2, 0.25) is 0 Å². The van der Waals surface area contributed by atoms with Gasteiger partial charge in [0.2, 0.25) is 76.8 Å². The van der Waals surface area contributed by atoms with Gasteiger partial charge in [0.05, 0.1) is 25.9 Å². The summed E-state index contributed by atoms with van der Waals surface area (Å²) in [7, 11) is 0. The Morgan fingerprint density at radius 3 is 1.35 bits per heavy atom. The molecule has 0 bridgehead atoms. The van der Waals surface area contributed by atoms with Gasteiger partial charge in [-0.3, -0.25) is 76.7 Å². The maximum atomic E-state index is 14.2. The van der Waals surface area contributed by atoms with Crippen LogP contribution in [0.3, 0.4) is 0 Å². The van der Waals surface area contributed by atoms with E-state index in [1.54, 1.807) is 27.7 Å². The molecule has 1 aliphatic rings. The van der Waals surface area contributed by atoms with Crippen molar-refractivity contribution < 1.29 is 97.1 Å². The third-order valence-electron chi connectivity index (χ3n) is 12.7. The van der Waals surface area contributed by atoms with Crippen LogP contribution in [0.1, 0.15) is 118 Å². The fourth-order valence-electron chi connectivity index (χ4n) is 8.51. The van der Waals surface area contributed by atoms with E-state index in [1.807, 2.05) is 5.32 Å². The maximum absolute atomic E-state index is 14.2. The predicted octanol–water partition coefficient (Wildman–Crippen LogP) is -8.05. The standard InChI is InChI=1S/C50H83N15O20/c1-23(2)16-29(60-41(76)25(52)22-66)46(81)62-32(19-37(55)69)47(82)61-30(17-24(3)4)45(80)58-27(10-12-35(53)67)44(79)57-26(8-5-6-14-51)43(78)63-33(20-39(72)73)48(83)59-28(11-13-38(70)71)50(85)65-15-7-9-34(65)49(84)64-31(18-36(54)68)42(77)56-21-40(74)75/h23-34,66H,5-22,51-52H2,1-4H3,(H2,53,67)(H2,54,68)(H2,55,69)(H,56,77)(H,57,79)(H,58,80)(H,59,83)(H,60,76)(H,61,82)(H,62,81)(H,63,78)(H,64,84)(H,70,71)(H,72,73)(H,74,75)/t25-,26-,27-,28-,29-,30-,31-,32-,33-,34-/m0/s1. The number of hydrogen-bond donors (Lipinski definition) is 18. The van der Waals surface area contributed by atoms with E-state index in [0.29, 0.717) is 0 Å². The summed E-state index contributed by atoms with van der Waals surface area (Å²) in [6, 6.07) is -16.5. The molecule has 10 atom stereocenters. The van der Waals surface area contributed by atoms with Gasteiger partial charge >= 0.3 is 17.9 Å². The van der Waals surface area contributed by atoms with E-state index in [0.717, 1.165) is 4.90 Å². The van der Waals surface area contributed by atoms with E-state index in [4.69, 9.17) is 33.8 Å². The number of primary amides is 3. The van der Waals surface area contributed by atoms with Gasteiger partial charge in [-0.05, 0) is 76.2 Å². The first-order valence-corrected chi connectivity index (χ1v) is 27.3. The number of nitrogens with two attached hydrogens (primary N) is 5. The molecule has 0 saturated carbocycles. The van der Waals surface area contributed by atoms with Crippen LogP contribution in [-0.4, -0.2) is 207 Å². The Morgan fingerprint density at radius 2 is 0.906 bits per heavy atom. The molecule has 0 aromatic carbocycles. The molecular formula is C50H83N15O20. The normalized spacial score (nSPS) is 16.0. The first kappa shape index (κ1) is 74.4. The van der Waals surface area contributed by atoms with Crippen LogP contribution < -0.4 is 76.5 Å². The van der Waals surface area contributed by atoms with E-state index in [-0.39, 0.29) is 69.9 Å². The monoisotopic (exact) mass is 1210 g/mol. The molecule has 1 aliphatic heterocycles. The van der Waals surface area contributed by atoms with Crippen LogP contribution in [0.25, 0.3) is 0 Å². The molecule has 0 radical (unpaired) electrons. The van der Waals surface area contributed by atoms with Crippen LogP contribution in [0.5, 0.6) is 0 Å². The zero-order valence-electron chi connectivity index (χ0n) is 47.8. The van der Waals surface area contributed by atoms with Crippen LogP contribution in [-0.2, 0) is 76.7 Å². The fourth-order valence-corrected chi connectivity index (χ4v) is 8.51. The van der Waals surface area contributed by atoms with Crippen molar-refractivity contribution in [3.63, 3.8) is 0 Å². The smallest absolute Gasteiger partial charge is 0.322 e. The molecule has 0 aromatic rings. The van der Waals surface area contributed by atoms with Gasteiger partial charge in [-0.2, -0.15) is 0 Å². The van der Waals surface area contributed by atoms with E-state index >= 15 is 0 Å². The topological polar surface area (TPSA) is 596 Å². The molecule has 23 N–H and O–H groups in total. The number of carboxylic acid groups (broad SMARTS) is 3. The van der Waals surface area contributed by atoms with Gasteiger partial charge in [-0.15, -0.1) is 0 Å². The number of nitrogens with zero attached hydrogens (tertiary/aromatic N) is 1. The first-order chi connectivity index (χ1) is 39.7. The van der Waals surface area contributed by atoms with Gasteiger partial charge in [-0.1, -0.05) is 27.7 Å². The summed E-state index contributed by atoms with van der Waals surface area (Å²) in [4.78, 5) is 209.